The predicted octanol–water partition coefficient (Wildman–Crippen LogP) is 13.2. The molecule has 0 N–H and O–H groups in total. The molecule has 1 heterocycles. The molecule has 9 aromatic carbocycles. The fourth-order valence-electron chi connectivity index (χ4n) is 7.68. The summed E-state index contributed by atoms with van der Waals surface area (Å²) in [6.07, 6.45) is 0. The van der Waals surface area contributed by atoms with Crippen LogP contribution in [0.15, 0.2) is 174 Å². The van der Waals surface area contributed by atoms with E-state index in [0.29, 0.717) is 0 Å². The summed E-state index contributed by atoms with van der Waals surface area (Å²) in [7, 11) is 0. The first kappa shape index (κ1) is 26.1. The normalized spacial score (nSPS) is 11.8. The fourth-order valence-corrected chi connectivity index (χ4v) is 7.68. The zero-order chi connectivity index (χ0) is 30.9. The summed E-state index contributed by atoms with van der Waals surface area (Å²) >= 11 is 0. The van der Waals surface area contributed by atoms with Gasteiger partial charge in [0.15, 0.2) is 0 Å². The monoisotopic (exact) mass is 596 g/mol. The molecule has 0 aliphatic heterocycles. The predicted molar refractivity (Wildman–Crippen MR) is 200 cm³/mol. The van der Waals surface area contributed by atoms with E-state index in [1.807, 2.05) is 6.07 Å². The van der Waals surface area contributed by atoms with Gasteiger partial charge in [-0.1, -0.05) is 152 Å². The summed E-state index contributed by atoms with van der Waals surface area (Å²) in [5.41, 5.74) is 9.29. The number of rotatable bonds is 3. The van der Waals surface area contributed by atoms with Gasteiger partial charge < -0.3 is 4.42 Å². The van der Waals surface area contributed by atoms with Crippen LogP contribution in [-0.4, -0.2) is 0 Å². The van der Waals surface area contributed by atoms with Crippen molar-refractivity contribution in [3.05, 3.63) is 170 Å². The minimum Gasteiger partial charge on any atom is -0.455 e. The van der Waals surface area contributed by atoms with E-state index in [1.165, 1.54) is 71.1 Å². The van der Waals surface area contributed by atoms with Crippen LogP contribution >= 0.6 is 0 Å². The van der Waals surface area contributed by atoms with E-state index in [-0.39, 0.29) is 0 Å². The largest absolute Gasteiger partial charge is 0.455 e. The van der Waals surface area contributed by atoms with Gasteiger partial charge in [0.05, 0.1) is 0 Å². The van der Waals surface area contributed by atoms with Gasteiger partial charge in [-0.05, 0) is 89.3 Å². The molecule has 0 unspecified atom stereocenters. The summed E-state index contributed by atoms with van der Waals surface area (Å²) in [6, 6.07) is 61.6. The molecule has 1 aromatic heterocycles. The first-order chi connectivity index (χ1) is 23.3. The van der Waals surface area contributed by atoms with Gasteiger partial charge in [0.25, 0.3) is 0 Å². The molecule has 0 atom stereocenters. The summed E-state index contributed by atoms with van der Waals surface area (Å²) < 4.78 is 6.47. The molecule has 0 amide bonds. The second-order valence-electron chi connectivity index (χ2n) is 12.4. The Hall–Kier alpha value is -6.18. The van der Waals surface area contributed by atoms with Crippen molar-refractivity contribution in [3.63, 3.8) is 0 Å². The van der Waals surface area contributed by atoms with Crippen molar-refractivity contribution < 1.29 is 4.42 Å². The van der Waals surface area contributed by atoms with Crippen LogP contribution in [0.5, 0.6) is 0 Å². The molecule has 0 aliphatic carbocycles. The van der Waals surface area contributed by atoms with Crippen molar-refractivity contribution in [1.82, 2.24) is 0 Å². The third-order valence-corrected chi connectivity index (χ3v) is 9.84. The average molecular weight is 597 g/mol. The fraction of sp³-hybridized carbons (Fsp3) is 0. The number of furan rings is 1. The van der Waals surface area contributed by atoms with E-state index in [0.717, 1.165) is 27.3 Å². The van der Waals surface area contributed by atoms with Crippen LogP contribution in [0.25, 0.3) is 98.4 Å². The molecule has 0 bridgehead atoms. The van der Waals surface area contributed by atoms with E-state index < -0.39 is 0 Å². The molecule has 10 aromatic rings. The lowest BCUT2D eigenvalue weighted by atomic mass is 9.84. The van der Waals surface area contributed by atoms with Crippen LogP contribution in [0.2, 0.25) is 0 Å². The molecular weight excluding hydrogens is 569 g/mol. The summed E-state index contributed by atoms with van der Waals surface area (Å²) in [6.45, 7) is 0. The molecular formula is C46H28O. The molecule has 10 rings (SSSR count). The van der Waals surface area contributed by atoms with Crippen LogP contribution in [0.4, 0.5) is 0 Å². The molecule has 1 heteroatoms. The van der Waals surface area contributed by atoms with Gasteiger partial charge in [0.2, 0.25) is 0 Å². The molecule has 0 saturated carbocycles. The number of para-hydroxylation sites is 1. The molecule has 218 valence electrons. The Bertz CT molecular complexity index is 2780. The molecule has 0 spiro atoms. The second-order valence-corrected chi connectivity index (χ2v) is 12.4. The number of fused-ring (bicyclic) bond motifs is 8. The minimum atomic E-state index is 0.919. The maximum Gasteiger partial charge on any atom is 0.143 e. The Labute approximate surface area is 271 Å². The summed E-state index contributed by atoms with van der Waals surface area (Å²) in [5.74, 6) is 0. The molecule has 47 heavy (non-hydrogen) atoms. The van der Waals surface area contributed by atoms with Gasteiger partial charge in [0.1, 0.15) is 11.2 Å². The van der Waals surface area contributed by atoms with E-state index in [1.54, 1.807) is 0 Å². The zero-order valence-corrected chi connectivity index (χ0v) is 25.6. The lowest BCUT2D eigenvalue weighted by molar-refractivity contribution is 0.672. The SMILES string of the molecule is c1ccc2cc(-c3ccc(-c4c5ccccc5c(-c5cc6c7ccccc7oc6c6ccccc56)c5ccccc45)cc3)ccc2c1. The summed E-state index contributed by atoms with van der Waals surface area (Å²) in [4.78, 5) is 0. The Kier molecular flexibility index (Phi) is 5.64. The first-order valence-electron chi connectivity index (χ1n) is 16.2. The topological polar surface area (TPSA) is 13.1 Å². The lowest BCUT2D eigenvalue weighted by Crippen LogP contribution is -1.92. The maximum atomic E-state index is 6.47. The van der Waals surface area contributed by atoms with Gasteiger partial charge in [-0.3, -0.25) is 0 Å². The van der Waals surface area contributed by atoms with E-state index in [4.69, 9.17) is 4.42 Å². The second kappa shape index (κ2) is 10.2. The van der Waals surface area contributed by atoms with Crippen molar-refractivity contribution >= 4 is 65.0 Å². The number of hydrogen-bond donors (Lipinski definition) is 0. The Morgan fingerprint density at radius 2 is 0.809 bits per heavy atom. The van der Waals surface area contributed by atoms with Crippen molar-refractivity contribution in [1.29, 1.82) is 0 Å². The van der Waals surface area contributed by atoms with Gasteiger partial charge in [-0.25, -0.2) is 0 Å². The Morgan fingerprint density at radius 1 is 0.298 bits per heavy atom. The summed E-state index contributed by atoms with van der Waals surface area (Å²) in [5, 5.41) is 12.1. The highest BCUT2D eigenvalue weighted by Gasteiger charge is 2.20. The highest BCUT2D eigenvalue weighted by Crippen LogP contribution is 2.47. The average Bonchev–Trinajstić information content (AvgIpc) is 3.52. The Morgan fingerprint density at radius 3 is 1.51 bits per heavy atom. The third kappa shape index (κ3) is 3.97. The minimum absolute atomic E-state index is 0.919. The lowest BCUT2D eigenvalue weighted by Gasteiger charge is -2.19. The molecule has 1 nitrogen and oxygen atoms in total. The van der Waals surface area contributed by atoms with Crippen molar-refractivity contribution in [2.45, 2.75) is 0 Å². The van der Waals surface area contributed by atoms with Gasteiger partial charge >= 0.3 is 0 Å². The molecule has 0 aliphatic rings. The molecule has 0 fully saturated rings. The van der Waals surface area contributed by atoms with Crippen molar-refractivity contribution in [2.75, 3.05) is 0 Å². The van der Waals surface area contributed by atoms with E-state index >= 15 is 0 Å². The Balaban J connectivity index is 1.24. The van der Waals surface area contributed by atoms with Crippen LogP contribution in [0.3, 0.4) is 0 Å². The highest BCUT2D eigenvalue weighted by molar-refractivity contribution is 6.27. The molecule has 0 radical (unpaired) electrons. The van der Waals surface area contributed by atoms with Crippen molar-refractivity contribution in [2.24, 2.45) is 0 Å². The smallest absolute Gasteiger partial charge is 0.143 e. The van der Waals surface area contributed by atoms with Gasteiger partial charge in [-0.2, -0.15) is 0 Å². The van der Waals surface area contributed by atoms with Gasteiger partial charge in [0, 0.05) is 16.2 Å². The highest BCUT2D eigenvalue weighted by atomic mass is 16.3. The first-order valence-corrected chi connectivity index (χ1v) is 16.2. The molecule has 0 saturated heterocycles. The number of benzene rings is 9. The van der Waals surface area contributed by atoms with Crippen LogP contribution < -0.4 is 0 Å². The zero-order valence-electron chi connectivity index (χ0n) is 25.6. The van der Waals surface area contributed by atoms with Crippen molar-refractivity contribution in [3.8, 4) is 33.4 Å². The van der Waals surface area contributed by atoms with E-state index in [9.17, 15) is 0 Å². The quantitative estimate of drug-likeness (QED) is 0.185. The van der Waals surface area contributed by atoms with Crippen LogP contribution in [-0.2, 0) is 0 Å². The van der Waals surface area contributed by atoms with Gasteiger partial charge in [-0.15, -0.1) is 0 Å². The maximum absolute atomic E-state index is 6.47. The third-order valence-electron chi connectivity index (χ3n) is 9.84. The van der Waals surface area contributed by atoms with E-state index in [2.05, 4.69) is 164 Å². The standard InChI is InChI=1S/C46H28O/c1-2-12-32-27-33(26-23-29(32)11-1)30-21-24-31(25-22-30)44-36-15-4-6-17-38(36)45(39-18-7-5-16-37(39)44)41-28-42-35-14-9-10-20-43(35)47-46(42)40-19-8-3-13-34(40)41/h1-28H. The van der Waals surface area contributed by atoms with Crippen LogP contribution in [0.1, 0.15) is 0 Å². The van der Waals surface area contributed by atoms with Crippen LogP contribution in [0, 0.1) is 0 Å². The number of hydrogen-bond acceptors (Lipinski definition) is 1.